The lowest BCUT2D eigenvalue weighted by Gasteiger charge is -2.24. The molecule has 0 aliphatic carbocycles. The highest BCUT2D eigenvalue weighted by Gasteiger charge is 2.24. The molecule has 0 unspecified atom stereocenters. The van der Waals surface area contributed by atoms with Crippen molar-refractivity contribution < 1.29 is 28.5 Å². The van der Waals surface area contributed by atoms with Gasteiger partial charge in [-0.3, -0.25) is 4.90 Å². The summed E-state index contributed by atoms with van der Waals surface area (Å²) in [7, 11) is 4.76. The summed E-state index contributed by atoms with van der Waals surface area (Å²) < 4.78 is 28.6. The second-order valence-corrected chi connectivity index (χ2v) is 10.7. The number of benzene rings is 3. The molecule has 1 aromatic heterocycles. The summed E-state index contributed by atoms with van der Waals surface area (Å²) in [5.41, 5.74) is 3.08. The summed E-state index contributed by atoms with van der Waals surface area (Å²) in [6.07, 6.45) is 3.22. The van der Waals surface area contributed by atoms with Gasteiger partial charge >= 0.3 is 6.09 Å². The molecule has 0 bridgehead atoms. The molecule has 2 N–H and O–H groups in total. The maximum Gasteiger partial charge on any atom is 0.421 e. The van der Waals surface area contributed by atoms with E-state index in [0.29, 0.717) is 58.5 Å². The third-order valence-electron chi connectivity index (χ3n) is 7.57. The van der Waals surface area contributed by atoms with E-state index in [9.17, 15) is 4.79 Å². The molecule has 1 atom stereocenters. The number of carbonyl (C=O) groups excluding carboxylic acids is 1. The molecular formula is C34H39N5O6. The number of hydrogen-bond donors (Lipinski definition) is 2. The minimum Gasteiger partial charge on any atom is -0.497 e. The molecule has 5 rings (SSSR count). The molecule has 45 heavy (non-hydrogen) atoms. The number of hydrogen-bond acceptors (Lipinski definition) is 10. The van der Waals surface area contributed by atoms with Crippen LogP contribution >= 0.6 is 0 Å². The SMILES string of the molecule is COc1ccc(OC)c(CN(C(=O)Oc2c(C)cccc2C)c2ccnc(Nc3ccc(OC[C@@H]4CCCN4)c(OC)c3)n2)c1. The van der Waals surface area contributed by atoms with E-state index >= 15 is 0 Å². The van der Waals surface area contributed by atoms with Gasteiger partial charge in [-0.15, -0.1) is 0 Å². The first-order valence-electron chi connectivity index (χ1n) is 14.8. The van der Waals surface area contributed by atoms with E-state index in [0.717, 1.165) is 30.5 Å². The lowest BCUT2D eigenvalue weighted by molar-refractivity contribution is 0.206. The number of ether oxygens (including phenoxy) is 5. The fourth-order valence-corrected chi connectivity index (χ4v) is 5.16. The zero-order chi connectivity index (χ0) is 31.8. The molecule has 1 aliphatic rings. The Kier molecular flexibility index (Phi) is 10.2. The number of aryl methyl sites for hydroxylation is 2. The van der Waals surface area contributed by atoms with Gasteiger partial charge in [0, 0.05) is 29.6 Å². The number of amides is 1. The summed E-state index contributed by atoms with van der Waals surface area (Å²) >= 11 is 0. The summed E-state index contributed by atoms with van der Waals surface area (Å²) in [6.45, 7) is 5.47. The number of aromatic nitrogens is 2. The topological polar surface area (TPSA) is 116 Å². The normalized spacial score (nSPS) is 14.0. The maximum atomic E-state index is 13.8. The van der Waals surface area contributed by atoms with Crippen molar-refractivity contribution in [3.05, 3.63) is 83.6 Å². The van der Waals surface area contributed by atoms with Crippen molar-refractivity contribution in [1.29, 1.82) is 0 Å². The number of nitrogens with one attached hydrogen (secondary N) is 2. The average Bonchev–Trinajstić information content (AvgIpc) is 3.58. The Morgan fingerprint density at radius 3 is 2.44 bits per heavy atom. The standard InChI is InChI=1S/C34H39N5O6/c1-22-8-6-9-23(2)32(22)45-34(40)39(20-24-18-27(41-3)12-14-28(24)42-4)31-15-17-36-33(38-31)37-25-11-13-29(30(19-25)43-5)44-21-26-10-7-16-35-26/h6,8-9,11-15,17-19,26,35H,7,10,16,20-21H2,1-5H3,(H,36,37,38)/t26-/m0/s1. The summed E-state index contributed by atoms with van der Waals surface area (Å²) in [5.74, 6) is 3.55. The quantitative estimate of drug-likeness (QED) is 0.191. The van der Waals surface area contributed by atoms with Gasteiger partial charge in [0.25, 0.3) is 0 Å². The van der Waals surface area contributed by atoms with Crippen LogP contribution in [-0.4, -0.2) is 56.6 Å². The average molecular weight is 614 g/mol. The van der Waals surface area contributed by atoms with Crippen molar-refractivity contribution >= 4 is 23.5 Å². The Morgan fingerprint density at radius 2 is 1.73 bits per heavy atom. The predicted octanol–water partition coefficient (Wildman–Crippen LogP) is 6.20. The van der Waals surface area contributed by atoms with E-state index < -0.39 is 6.09 Å². The highest BCUT2D eigenvalue weighted by molar-refractivity contribution is 5.88. The molecule has 4 aromatic rings. The highest BCUT2D eigenvalue weighted by Crippen LogP contribution is 2.33. The smallest absolute Gasteiger partial charge is 0.421 e. The van der Waals surface area contributed by atoms with Crippen LogP contribution in [-0.2, 0) is 6.54 Å². The van der Waals surface area contributed by atoms with Gasteiger partial charge in [-0.2, -0.15) is 4.98 Å². The van der Waals surface area contributed by atoms with Gasteiger partial charge in [-0.1, -0.05) is 18.2 Å². The van der Waals surface area contributed by atoms with Gasteiger partial charge in [-0.05, 0) is 80.8 Å². The van der Waals surface area contributed by atoms with E-state index in [1.807, 2.05) is 56.3 Å². The zero-order valence-electron chi connectivity index (χ0n) is 26.3. The largest absolute Gasteiger partial charge is 0.497 e. The molecule has 0 radical (unpaired) electrons. The van der Waals surface area contributed by atoms with Crippen LogP contribution in [0.25, 0.3) is 0 Å². The minimum atomic E-state index is -0.609. The maximum absolute atomic E-state index is 13.8. The van der Waals surface area contributed by atoms with E-state index in [4.69, 9.17) is 23.7 Å². The molecular weight excluding hydrogens is 574 g/mol. The van der Waals surface area contributed by atoms with Gasteiger partial charge in [0.05, 0.1) is 27.9 Å². The van der Waals surface area contributed by atoms with Crippen LogP contribution in [0.15, 0.2) is 66.9 Å². The Bertz CT molecular complexity index is 1600. The molecule has 1 aliphatic heterocycles. The number of rotatable bonds is 12. The van der Waals surface area contributed by atoms with Crippen molar-refractivity contribution in [2.75, 3.05) is 44.7 Å². The van der Waals surface area contributed by atoms with E-state index in [2.05, 4.69) is 20.6 Å². The molecule has 236 valence electrons. The van der Waals surface area contributed by atoms with Gasteiger partial charge in [0.1, 0.15) is 29.7 Å². The number of para-hydroxylation sites is 1. The Hall–Kier alpha value is -5.03. The van der Waals surface area contributed by atoms with Crippen LogP contribution in [0.1, 0.15) is 29.5 Å². The number of carbonyl (C=O) groups is 1. The first kappa shape index (κ1) is 31.4. The van der Waals surface area contributed by atoms with Crippen molar-refractivity contribution in [1.82, 2.24) is 15.3 Å². The van der Waals surface area contributed by atoms with Gasteiger partial charge < -0.3 is 34.3 Å². The van der Waals surface area contributed by atoms with Gasteiger partial charge in [0.15, 0.2) is 11.5 Å². The monoisotopic (exact) mass is 613 g/mol. The number of nitrogens with zero attached hydrogens (tertiary/aromatic N) is 3. The fourth-order valence-electron chi connectivity index (χ4n) is 5.16. The molecule has 11 heteroatoms. The van der Waals surface area contributed by atoms with Crippen molar-refractivity contribution in [3.8, 4) is 28.7 Å². The van der Waals surface area contributed by atoms with Gasteiger partial charge in [-0.25, -0.2) is 9.78 Å². The zero-order valence-corrected chi connectivity index (χ0v) is 26.3. The predicted molar refractivity (Wildman–Crippen MR) is 172 cm³/mol. The van der Waals surface area contributed by atoms with Crippen LogP contribution in [0, 0.1) is 13.8 Å². The first-order valence-corrected chi connectivity index (χ1v) is 14.8. The fraction of sp³-hybridized carbons (Fsp3) is 0.324. The number of anilines is 3. The lowest BCUT2D eigenvalue weighted by atomic mass is 10.1. The molecule has 11 nitrogen and oxygen atoms in total. The summed E-state index contributed by atoms with van der Waals surface area (Å²) in [4.78, 5) is 24.4. The summed E-state index contributed by atoms with van der Waals surface area (Å²) in [5, 5.41) is 6.65. The molecule has 1 saturated heterocycles. The third kappa shape index (κ3) is 7.74. The molecule has 0 saturated carbocycles. The van der Waals surface area contributed by atoms with Gasteiger partial charge in [0.2, 0.25) is 5.95 Å². The van der Waals surface area contributed by atoms with Crippen LogP contribution in [0.2, 0.25) is 0 Å². The Morgan fingerprint density at radius 1 is 0.956 bits per heavy atom. The molecule has 1 fully saturated rings. The Balaban J connectivity index is 1.42. The van der Waals surface area contributed by atoms with Crippen molar-refractivity contribution in [2.24, 2.45) is 0 Å². The lowest BCUT2D eigenvalue weighted by Crippen LogP contribution is -2.34. The summed E-state index contributed by atoms with van der Waals surface area (Å²) in [6, 6.07) is 18.6. The van der Waals surface area contributed by atoms with Crippen LogP contribution < -0.4 is 39.2 Å². The van der Waals surface area contributed by atoms with E-state index in [-0.39, 0.29) is 12.5 Å². The van der Waals surface area contributed by atoms with Crippen molar-refractivity contribution in [2.45, 2.75) is 39.3 Å². The number of methoxy groups -OCH3 is 3. The molecule has 2 heterocycles. The second kappa shape index (κ2) is 14.6. The minimum absolute atomic E-state index is 0.0936. The Labute approximate surface area is 263 Å². The molecule has 3 aromatic carbocycles. The van der Waals surface area contributed by atoms with Crippen molar-refractivity contribution in [3.63, 3.8) is 0 Å². The second-order valence-electron chi connectivity index (χ2n) is 10.7. The van der Waals surface area contributed by atoms with Crippen LogP contribution in [0.5, 0.6) is 28.7 Å². The molecule has 1 amide bonds. The third-order valence-corrected chi connectivity index (χ3v) is 7.57. The highest BCUT2D eigenvalue weighted by atomic mass is 16.6. The molecule has 0 spiro atoms. The van der Waals surface area contributed by atoms with Crippen LogP contribution in [0.3, 0.4) is 0 Å². The van der Waals surface area contributed by atoms with Crippen LogP contribution in [0.4, 0.5) is 22.2 Å². The first-order chi connectivity index (χ1) is 21.9. The van der Waals surface area contributed by atoms with E-state index in [1.54, 1.807) is 45.7 Å². The van der Waals surface area contributed by atoms with E-state index in [1.165, 1.54) is 4.90 Å².